The van der Waals surface area contributed by atoms with Gasteiger partial charge < -0.3 is 15.1 Å². The van der Waals surface area contributed by atoms with Gasteiger partial charge >= 0.3 is 0 Å². The standard InChI is InChI=1S/C12H23N5O/c1-5-17(7-8-18-6-2)12-9(3)11(16-13)14-10(4)15-12/h5-8,13H2,1-4H3,(H,14,15,16). The van der Waals surface area contributed by atoms with E-state index in [-0.39, 0.29) is 0 Å². The average molecular weight is 253 g/mol. The van der Waals surface area contributed by atoms with Crippen molar-refractivity contribution in [1.29, 1.82) is 0 Å². The van der Waals surface area contributed by atoms with Gasteiger partial charge in [-0.25, -0.2) is 15.8 Å². The summed E-state index contributed by atoms with van der Waals surface area (Å²) in [5.41, 5.74) is 3.57. The maximum Gasteiger partial charge on any atom is 0.148 e. The number of ether oxygens (including phenoxy) is 1. The van der Waals surface area contributed by atoms with E-state index in [1.54, 1.807) is 0 Å². The molecule has 1 aromatic heterocycles. The lowest BCUT2D eigenvalue weighted by atomic mass is 10.2. The molecule has 0 unspecified atom stereocenters. The molecule has 3 N–H and O–H groups in total. The molecule has 0 aliphatic heterocycles. The van der Waals surface area contributed by atoms with Gasteiger partial charge in [-0.1, -0.05) is 0 Å². The lowest BCUT2D eigenvalue weighted by Gasteiger charge is -2.24. The molecule has 0 radical (unpaired) electrons. The maximum atomic E-state index is 5.47. The van der Waals surface area contributed by atoms with E-state index in [1.165, 1.54) is 0 Å². The summed E-state index contributed by atoms with van der Waals surface area (Å²) >= 11 is 0. The van der Waals surface area contributed by atoms with Crippen LogP contribution in [0.5, 0.6) is 0 Å². The first-order valence-corrected chi connectivity index (χ1v) is 6.28. The molecule has 1 aromatic rings. The molecule has 0 bridgehead atoms. The second kappa shape index (κ2) is 7.13. The van der Waals surface area contributed by atoms with Crippen LogP contribution in [0.25, 0.3) is 0 Å². The molecule has 0 amide bonds. The Morgan fingerprint density at radius 2 is 2.00 bits per heavy atom. The van der Waals surface area contributed by atoms with E-state index in [4.69, 9.17) is 10.6 Å². The zero-order valence-electron chi connectivity index (χ0n) is 11.7. The quantitative estimate of drug-likeness (QED) is 0.432. The number of nitrogen functional groups attached to an aromatic ring is 1. The Morgan fingerprint density at radius 3 is 2.56 bits per heavy atom. The number of nitrogens with two attached hydrogens (primary N) is 1. The lowest BCUT2D eigenvalue weighted by molar-refractivity contribution is 0.154. The second-order valence-corrected chi connectivity index (χ2v) is 3.99. The molecule has 102 valence electrons. The van der Waals surface area contributed by atoms with E-state index < -0.39 is 0 Å². The van der Waals surface area contributed by atoms with Gasteiger partial charge in [-0.15, -0.1) is 0 Å². The third kappa shape index (κ3) is 3.54. The van der Waals surface area contributed by atoms with E-state index >= 15 is 0 Å². The molecule has 6 nitrogen and oxygen atoms in total. The molecule has 0 spiro atoms. The van der Waals surface area contributed by atoms with Crippen LogP contribution < -0.4 is 16.2 Å². The number of hydrazine groups is 1. The van der Waals surface area contributed by atoms with Crippen LogP contribution >= 0.6 is 0 Å². The summed E-state index contributed by atoms with van der Waals surface area (Å²) in [6.07, 6.45) is 0. The zero-order chi connectivity index (χ0) is 13.5. The van der Waals surface area contributed by atoms with Gasteiger partial charge in [0.2, 0.25) is 0 Å². The van der Waals surface area contributed by atoms with Crippen LogP contribution in [0.4, 0.5) is 11.6 Å². The maximum absolute atomic E-state index is 5.47. The van der Waals surface area contributed by atoms with Crippen LogP contribution in [0.15, 0.2) is 0 Å². The van der Waals surface area contributed by atoms with Crippen LogP contribution in [-0.2, 0) is 4.74 Å². The van der Waals surface area contributed by atoms with Crippen LogP contribution in [0.3, 0.4) is 0 Å². The Hall–Kier alpha value is -1.40. The van der Waals surface area contributed by atoms with E-state index in [2.05, 4.69) is 27.2 Å². The van der Waals surface area contributed by atoms with Gasteiger partial charge in [0.1, 0.15) is 17.5 Å². The van der Waals surface area contributed by atoms with Crippen LogP contribution in [0.1, 0.15) is 25.2 Å². The minimum absolute atomic E-state index is 0.673. The third-order valence-corrected chi connectivity index (χ3v) is 2.76. The zero-order valence-corrected chi connectivity index (χ0v) is 11.7. The van der Waals surface area contributed by atoms with Crippen molar-refractivity contribution in [2.45, 2.75) is 27.7 Å². The highest BCUT2D eigenvalue weighted by Crippen LogP contribution is 2.22. The van der Waals surface area contributed by atoms with Crippen LogP contribution in [0.2, 0.25) is 0 Å². The van der Waals surface area contributed by atoms with Gasteiger partial charge in [-0.05, 0) is 27.7 Å². The molecule has 0 saturated carbocycles. The predicted octanol–water partition coefficient (Wildman–Crippen LogP) is 1.24. The largest absolute Gasteiger partial charge is 0.380 e. The Bertz CT molecular complexity index is 383. The molecule has 0 atom stereocenters. The minimum Gasteiger partial charge on any atom is -0.380 e. The summed E-state index contributed by atoms with van der Waals surface area (Å²) < 4.78 is 5.39. The van der Waals surface area contributed by atoms with Gasteiger partial charge in [-0.3, -0.25) is 0 Å². The van der Waals surface area contributed by atoms with Crippen LogP contribution in [-0.4, -0.2) is 36.3 Å². The molecule has 18 heavy (non-hydrogen) atoms. The number of hydrogen-bond donors (Lipinski definition) is 2. The summed E-state index contributed by atoms with van der Waals surface area (Å²) in [6.45, 7) is 11.0. The number of aryl methyl sites for hydroxylation is 1. The van der Waals surface area contributed by atoms with Crippen molar-refractivity contribution in [2.24, 2.45) is 5.84 Å². The smallest absolute Gasteiger partial charge is 0.148 e. The van der Waals surface area contributed by atoms with Gasteiger partial charge in [0, 0.05) is 25.3 Å². The van der Waals surface area contributed by atoms with Crippen molar-refractivity contribution < 1.29 is 4.74 Å². The first-order chi connectivity index (χ1) is 8.63. The summed E-state index contributed by atoms with van der Waals surface area (Å²) in [4.78, 5) is 10.9. The SMILES string of the molecule is CCOCCN(CC)c1nc(C)nc(NN)c1C. The molecule has 0 saturated heterocycles. The number of aromatic nitrogens is 2. The Labute approximate surface area is 109 Å². The molecule has 1 rings (SSSR count). The van der Waals surface area contributed by atoms with Crippen molar-refractivity contribution in [1.82, 2.24) is 9.97 Å². The lowest BCUT2D eigenvalue weighted by Crippen LogP contribution is -2.29. The number of nitrogens with one attached hydrogen (secondary N) is 1. The highest BCUT2D eigenvalue weighted by molar-refractivity contribution is 5.58. The van der Waals surface area contributed by atoms with Crippen molar-refractivity contribution in [3.8, 4) is 0 Å². The number of nitrogens with zero attached hydrogens (tertiary/aromatic N) is 3. The minimum atomic E-state index is 0.673. The summed E-state index contributed by atoms with van der Waals surface area (Å²) in [7, 11) is 0. The van der Waals surface area contributed by atoms with Crippen molar-refractivity contribution in [2.75, 3.05) is 36.6 Å². The number of hydrogen-bond acceptors (Lipinski definition) is 6. The van der Waals surface area contributed by atoms with E-state index in [0.29, 0.717) is 18.2 Å². The molecule has 0 aromatic carbocycles. The number of anilines is 2. The third-order valence-electron chi connectivity index (χ3n) is 2.76. The molecule has 6 heteroatoms. The first-order valence-electron chi connectivity index (χ1n) is 6.28. The van der Waals surface area contributed by atoms with E-state index in [1.807, 2.05) is 20.8 Å². The Kier molecular flexibility index (Phi) is 5.80. The second-order valence-electron chi connectivity index (χ2n) is 3.99. The van der Waals surface area contributed by atoms with Crippen molar-refractivity contribution in [3.05, 3.63) is 11.4 Å². The van der Waals surface area contributed by atoms with Crippen molar-refractivity contribution in [3.63, 3.8) is 0 Å². The van der Waals surface area contributed by atoms with E-state index in [0.717, 1.165) is 31.1 Å². The topological polar surface area (TPSA) is 76.3 Å². The predicted molar refractivity (Wildman–Crippen MR) is 73.7 cm³/mol. The van der Waals surface area contributed by atoms with Gasteiger partial charge in [-0.2, -0.15) is 0 Å². The van der Waals surface area contributed by atoms with Crippen molar-refractivity contribution >= 4 is 11.6 Å². The highest BCUT2D eigenvalue weighted by atomic mass is 16.5. The normalized spacial score (nSPS) is 10.5. The van der Waals surface area contributed by atoms with Gasteiger partial charge in [0.25, 0.3) is 0 Å². The monoisotopic (exact) mass is 253 g/mol. The fourth-order valence-corrected chi connectivity index (χ4v) is 1.79. The number of likely N-dealkylation sites (N-methyl/N-ethyl adjacent to an activating group) is 1. The molecule has 0 fully saturated rings. The fraction of sp³-hybridized carbons (Fsp3) is 0.667. The fourth-order valence-electron chi connectivity index (χ4n) is 1.79. The summed E-state index contributed by atoms with van der Waals surface area (Å²) in [6, 6.07) is 0. The number of rotatable bonds is 7. The van der Waals surface area contributed by atoms with Gasteiger partial charge in [0.15, 0.2) is 0 Å². The summed E-state index contributed by atoms with van der Waals surface area (Å²) in [5, 5.41) is 0. The molecule has 0 aliphatic carbocycles. The highest BCUT2D eigenvalue weighted by Gasteiger charge is 2.13. The molecular weight excluding hydrogens is 230 g/mol. The van der Waals surface area contributed by atoms with Crippen LogP contribution in [0, 0.1) is 13.8 Å². The summed E-state index contributed by atoms with van der Waals surface area (Å²) in [5.74, 6) is 7.76. The first kappa shape index (κ1) is 14.7. The van der Waals surface area contributed by atoms with E-state index in [9.17, 15) is 0 Å². The average Bonchev–Trinajstić information content (AvgIpc) is 2.37. The molecule has 1 heterocycles. The molecular formula is C12H23N5O. The molecule has 0 aliphatic rings. The Balaban J connectivity index is 2.93. The Morgan fingerprint density at radius 1 is 1.28 bits per heavy atom. The van der Waals surface area contributed by atoms with Gasteiger partial charge in [0.05, 0.1) is 6.61 Å².